The minimum Gasteiger partial charge on any atom is -0.447 e. The number of ether oxygens (including phenoxy) is 1. The van der Waals surface area contributed by atoms with Crippen molar-refractivity contribution in [3.8, 4) is 0 Å². The van der Waals surface area contributed by atoms with Crippen molar-refractivity contribution in [3.05, 3.63) is 53.6 Å². The number of hydrogen-bond donors (Lipinski definition) is 8. The number of esters is 1. The number of allylic oxidation sites excluding steroid dienone is 4. The van der Waals surface area contributed by atoms with Crippen LogP contribution in [0.4, 0.5) is 23.7 Å². The third-order valence-corrected chi connectivity index (χ3v) is 16.8. The number of phosphoric ester groups is 2. The molecule has 2 unspecified atom stereocenters. The number of carbonyl (C=O) groups excluding carboxylic acids is 6. The fourth-order valence-corrected chi connectivity index (χ4v) is 13.0. The van der Waals surface area contributed by atoms with E-state index in [4.69, 9.17) is 25.3 Å². The van der Waals surface area contributed by atoms with Crippen LogP contribution in [0.2, 0.25) is 0 Å². The number of halogens is 3. The second-order valence-corrected chi connectivity index (χ2v) is 21.9. The zero-order valence-electron chi connectivity index (χ0n) is 37.9. The number of urea groups is 1. The average molecular weight is 1020 g/mol. The van der Waals surface area contributed by atoms with E-state index in [1.165, 1.54) is 45.0 Å². The summed E-state index contributed by atoms with van der Waals surface area (Å²) < 4.78 is 96.7. The van der Waals surface area contributed by atoms with Crippen molar-refractivity contribution in [2.45, 2.75) is 121 Å². The summed E-state index contributed by atoms with van der Waals surface area (Å²) in [5.74, 6) is -6.08. The molecular weight excluding hydrogens is 965 g/mol. The molecule has 1 aromatic rings. The van der Waals surface area contributed by atoms with E-state index in [1.807, 2.05) is 0 Å². The van der Waals surface area contributed by atoms with E-state index in [9.17, 15) is 57.2 Å². The van der Waals surface area contributed by atoms with Crippen molar-refractivity contribution >= 4 is 67.8 Å². The Balaban J connectivity index is 1.37. The Morgan fingerprint density at radius 2 is 1.69 bits per heavy atom. The molecule has 68 heavy (non-hydrogen) atoms. The number of ketones is 1. The first-order valence-electron chi connectivity index (χ1n) is 21.7. The molecule has 3 saturated carbocycles. The van der Waals surface area contributed by atoms with Crippen LogP contribution in [0, 0.1) is 28.6 Å². The molecule has 10 N–H and O–H groups in total. The summed E-state index contributed by atoms with van der Waals surface area (Å²) in [7, 11) is -11.6. The number of primary amides is 1. The van der Waals surface area contributed by atoms with Crippen LogP contribution in [0.25, 0.3) is 0 Å². The number of amides is 4. The molecule has 0 heterocycles. The van der Waals surface area contributed by atoms with Crippen LogP contribution < -0.4 is 27.4 Å². The lowest BCUT2D eigenvalue weighted by Crippen LogP contribution is -2.71. The van der Waals surface area contributed by atoms with Crippen molar-refractivity contribution in [1.29, 1.82) is 0 Å². The molecule has 4 aliphatic carbocycles. The van der Waals surface area contributed by atoms with Crippen LogP contribution in [0.15, 0.2) is 48.1 Å². The van der Waals surface area contributed by atoms with Crippen LogP contribution >= 0.6 is 27.4 Å². The highest BCUT2D eigenvalue weighted by atomic mass is 32.2. The number of hydrogen-bond acceptors (Lipinski definition) is 15. The van der Waals surface area contributed by atoms with Gasteiger partial charge in [0.05, 0.1) is 12.6 Å². The number of benzene rings is 1. The van der Waals surface area contributed by atoms with Crippen molar-refractivity contribution in [1.82, 2.24) is 10.6 Å². The number of aliphatic hydroxyl groups is 1. The van der Waals surface area contributed by atoms with Gasteiger partial charge in [-0.2, -0.15) is 4.31 Å². The third-order valence-electron chi connectivity index (χ3n) is 13.5. The van der Waals surface area contributed by atoms with Crippen molar-refractivity contribution in [2.75, 3.05) is 17.9 Å². The first-order valence-corrected chi connectivity index (χ1v) is 25.7. The fourth-order valence-electron chi connectivity index (χ4n) is 10.0. The van der Waals surface area contributed by atoms with Crippen molar-refractivity contribution < 1.29 is 84.1 Å². The third kappa shape index (κ3) is 11.0. The summed E-state index contributed by atoms with van der Waals surface area (Å²) in [4.78, 5) is 98.2. The van der Waals surface area contributed by atoms with Crippen LogP contribution in [-0.2, 0) is 57.8 Å². The number of anilines is 1. The quantitative estimate of drug-likeness (QED) is 0.0507. The first kappa shape index (κ1) is 55.0. The monoisotopic (exact) mass is 1020 g/mol. The Hall–Kier alpha value is -3.96. The van der Waals surface area contributed by atoms with E-state index < -0.39 is 147 Å². The number of thioether (sulfide) groups is 1. The summed E-state index contributed by atoms with van der Waals surface area (Å²) in [6.07, 6.45) is -5.42. The number of nitrogens with one attached hydrogen (secondary N) is 3. The Kier molecular flexibility index (Phi) is 17.1. The number of phosphoric acid groups is 2. The Morgan fingerprint density at radius 1 is 1.03 bits per heavy atom. The Labute approximate surface area is 394 Å². The largest absolute Gasteiger partial charge is 0.481 e. The zero-order valence-corrected chi connectivity index (χ0v) is 40.5. The first-order chi connectivity index (χ1) is 31.6. The molecule has 13 atom stereocenters. The van der Waals surface area contributed by atoms with E-state index in [0.717, 1.165) is 18.2 Å². The van der Waals surface area contributed by atoms with Gasteiger partial charge in [-0.05, 0) is 98.0 Å². The van der Waals surface area contributed by atoms with Crippen LogP contribution in [0.1, 0.15) is 78.7 Å². The second kappa shape index (κ2) is 21.2. The van der Waals surface area contributed by atoms with E-state index in [1.54, 1.807) is 13.8 Å². The van der Waals surface area contributed by atoms with Gasteiger partial charge in [0, 0.05) is 35.4 Å². The fraction of sp³-hybridized carbons (Fsp3) is 0.619. The zero-order chi connectivity index (χ0) is 50.8. The van der Waals surface area contributed by atoms with Gasteiger partial charge in [-0.25, -0.2) is 27.1 Å². The molecule has 4 aliphatic rings. The van der Waals surface area contributed by atoms with E-state index in [2.05, 4.69) is 20.3 Å². The molecule has 26 heteroatoms. The summed E-state index contributed by atoms with van der Waals surface area (Å²) in [5.41, 5.74) is 1.32. The molecule has 0 spiro atoms. The number of rotatable bonds is 20. The molecule has 0 bridgehead atoms. The van der Waals surface area contributed by atoms with Crippen LogP contribution in [0.3, 0.4) is 0 Å². The maximum atomic E-state index is 18.7. The Bertz CT molecular complexity index is 2300. The molecule has 0 aliphatic heterocycles. The lowest BCUT2D eigenvalue weighted by atomic mass is 9.44. The number of aliphatic hydroxyl groups excluding tert-OH is 1. The number of fused-ring (bicyclic) bond motifs is 5. The highest BCUT2D eigenvalue weighted by Gasteiger charge is 2.80. The van der Waals surface area contributed by atoms with Gasteiger partial charge in [-0.3, -0.25) is 33.0 Å². The SMILES string of the molecule is CCC(=O)O[C@]1(C(=O)SCF)[C@H](O)C[C@H]2[C@@H]3C[C@H](F)C4=CC(=O)C=C[C@]4(C)[C@@]3(F)[C@@H](OP(=O)(O)OP(=O)(O)OCc3ccc(NC(=O)[C@H](CCCNC(N)=O)NC(=O)[C@@H](N)C(C)C)cc3)C[C@@]21C. The minimum absolute atomic E-state index is 0.0474. The molecule has 378 valence electrons. The van der Waals surface area contributed by atoms with E-state index in [-0.39, 0.29) is 60.3 Å². The highest BCUT2D eigenvalue weighted by molar-refractivity contribution is 8.13. The summed E-state index contributed by atoms with van der Waals surface area (Å²) in [6, 6.07) is 1.26. The second-order valence-electron chi connectivity index (χ2n) is 18.0. The lowest BCUT2D eigenvalue weighted by molar-refractivity contribution is -0.228. The van der Waals surface area contributed by atoms with E-state index in [0.29, 0.717) is 0 Å². The smallest absolute Gasteiger partial charge is 0.447 e. The molecular formula is C42H58F3N5O15P2S. The number of carbonyl (C=O) groups is 6. The maximum absolute atomic E-state index is 18.7. The molecule has 20 nitrogen and oxygen atoms in total. The average Bonchev–Trinajstić information content (AvgIpc) is 3.47. The molecule has 0 aromatic heterocycles. The standard InChI is InChI=1S/C42H58F3N5O15P2S/c1-6-33(53)63-42(37(56)68-21-43)31(52)18-26-27-17-29(44)28-16-25(51)13-14-39(28,4)41(27,45)32(19-40(26,42)5)64-67(60,61)65-66(58,59)62-20-23-9-11-24(12-10-23)49-35(54)30(8-7-15-48-38(47)57)50-36(55)34(46)22(2)3/h9-14,16,22,26-27,29-32,34,52H,6-8,15,17-21,46H2,1-5H3,(H,49,54)(H,50,55)(H,58,59)(H,60,61)(H3,47,48,57)/t26-,27-,29-,30-,31+,32-,34-,39-,40-,41-,42-/m0/s1. The highest BCUT2D eigenvalue weighted by Crippen LogP contribution is 2.73. The van der Waals surface area contributed by atoms with Gasteiger partial charge in [0.25, 0.3) is 0 Å². The van der Waals surface area contributed by atoms with Gasteiger partial charge in [-0.15, -0.1) is 0 Å². The molecule has 3 fully saturated rings. The van der Waals surface area contributed by atoms with Gasteiger partial charge in [-0.1, -0.05) is 45.9 Å². The van der Waals surface area contributed by atoms with Crippen LogP contribution in [-0.4, -0.2) is 104 Å². The van der Waals surface area contributed by atoms with E-state index >= 15 is 8.78 Å². The summed E-state index contributed by atoms with van der Waals surface area (Å²) >= 11 is 0.0474. The van der Waals surface area contributed by atoms with Crippen molar-refractivity contribution in [2.24, 2.45) is 40.1 Å². The topological polar surface area (TPSA) is 322 Å². The Morgan fingerprint density at radius 3 is 2.29 bits per heavy atom. The molecule has 0 radical (unpaired) electrons. The van der Waals surface area contributed by atoms with Gasteiger partial charge >= 0.3 is 27.6 Å². The van der Waals surface area contributed by atoms with Crippen molar-refractivity contribution in [3.63, 3.8) is 0 Å². The molecule has 0 saturated heterocycles. The van der Waals surface area contributed by atoms with Gasteiger partial charge in [0.15, 0.2) is 11.5 Å². The summed E-state index contributed by atoms with van der Waals surface area (Å²) in [5, 5.41) is 18.1. The summed E-state index contributed by atoms with van der Waals surface area (Å²) in [6.45, 7) is 6.67. The predicted molar refractivity (Wildman–Crippen MR) is 239 cm³/mol. The van der Waals surface area contributed by atoms with Gasteiger partial charge in [0.1, 0.15) is 30.4 Å². The van der Waals surface area contributed by atoms with Gasteiger partial charge < -0.3 is 47.0 Å². The maximum Gasteiger partial charge on any atom is 0.481 e. The molecule has 5 rings (SSSR count). The van der Waals surface area contributed by atoms with Gasteiger partial charge in [0.2, 0.25) is 22.5 Å². The number of alkyl halides is 3. The predicted octanol–water partition coefficient (Wildman–Crippen LogP) is 4.47. The lowest BCUT2D eigenvalue weighted by Gasteiger charge is -2.63. The molecule has 1 aromatic carbocycles. The number of nitrogens with two attached hydrogens (primary N) is 2. The molecule has 4 amide bonds. The minimum atomic E-state index is -5.99. The normalized spacial score (nSPS) is 32.2. The van der Waals surface area contributed by atoms with Crippen LogP contribution in [0.5, 0.6) is 0 Å².